The number of hydrogen-bond donors (Lipinski definition) is 1. The minimum absolute atomic E-state index is 0.135. The van der Waals surface area contributed by atoms with E-state index in [0.717, 1.165) is 43.2 Å². The summed E-state index contributed by atoms with van der Waals surface area (Å²) >= 11 is 0. The molecule has 0 bridgehead atoms. The van der Waals surface area contributed by atoms with E-state index in [0.29, 0.717) is 17.6 Å². The molecule has 1 saturated carbocycles. The lowest BCUT2D eigenvalue weighted by Crippen LogP contribution is -2.25. The van der Waals surface area contributed by atoms with Crippen LogP contribution in [0.4, 0.5) is 8.78 Å². The summed E-state index contributed by atoms with van der Waals surface area (Å²) in [7, 11) is 0. The molecule has 1 N–H and O–H groups in total. The van der Waals surface area contributed by atoms with Crippen molar-refractivity contribution in [3.05, 3.63) is 77.4 Å². The van der Waals surface area contributed by atoms with Crippen molar-refractivity contribution in [2.75, 3.05) is 0 Å². The van der Waals surface area contributed by atoms with E-state index in [4.69, 9.17) is 0 Å². The van der Waals surface area contributed by atoms with Gasteiger partial charge in [0.15, 0.2) is 0 Å². The van der Waals surface area contributed by atoms with Gasteiger partial charge in [-0.2, -0.15) is 0 Å². The van der Waals surface area contributed by atoms with Crippen molar-refractivity contribution < 1.29 is 13.9 Å². The largest absolute Gasteiger partial charge is 0.393 e. The van der Waals surface area contributed by atoms with E-state index >= 15 is 4.39 Å². The molecule has 1 atom stereocenters. The molecular weight excluding hydrogens is 402 g/mol. The Morgan fingerprint density at radius 1 is 0.906 bits per heavy atom. The summed E-state index contributed by atoms with van der Waals surface area (Å²) in [6.07, 6.45) is 11.8. The zero-order chi connectivity index (χ0) is 22.5. The first-order valence-corrected chi connectivity index (χ1v) is 12.2. The fourth-order valence-corrected chi connectivity index (χ4v) is 5.16. The van der Waals surface area contributed by atoms with Gasteiger partial charge in [-0.05, 0) is 85.3 Å². The van der Waals surface area contributed by atoms with E-state index in [9.17, 15) is 9.50 Å². The van der Waals surface area contributed by atoms with E-state index in [1.165, 1.54) is 30.9 Å². The van der Waals surface area contributed by atoms with Crippen LogP contribution in [0.5, 0.6) is 0 Å². The van der Waals surface area contributed by atoms with Crippen LogP contribution in [0.25, 0.3) is 16.7 Å². The quantitative estimate of drug-likeness (QED) is 0.436. The molecule has 2 aliphatic rings. The number of aryl methyl sites for hydroxylation is 1. The number of aliphatic hydroxyl groups excluding tert-OH is 1. The Bertz CT molecular complexity index is 965. The highest BCUT2D eigenvalue weighted by molar-refractivity contribution is 5.78. The van der Waals surface area contributed by atoms with Gasteiger partial charge in [0.25, 0.3) is 0 Å². The maximum atomic E-state index is 15.0. The second-order valence-corrected chi connectivity index (χ2v) is 9.45. The smallest absolute Gasteiger partial charge is 0.131 e. The summed E-state index contributed by atoms with van der Waals surface area (Å²) in [6, 6.07) is 13.6. The van der Waals surface area contributed by atoms with Crippen molar-refractivity contribution in [3.8, 4) is 11.1 Å². The van der Waals surface area contributed by atoms with Crippen LogP contribution in [0.1, 0.15) is 69.4 Å². The van der Waals surface area contributed by atoms with Gasteiger partial charge < -0.3 is 5.11 Å². The van der Waals surface area contributed by atoms with Gasteiger partial charge in [-0.1, -0.05) is 62.2 Å². The lowest BCUT2D eigenvalue weighted by molar-refractivity contribution is 0.0928. The summed E-state index contributed by atoms with van der Waals surface area (Å²) in [5.74, 6) is -0.330. The zero-order valence-corrected chi connectivity index (χ0v) is 19.0. The molecule has 0 heterocycles. The average molecular weight is 437 g/mol. The predicted octanol–water partition coefficient (Wildman–Crippen LogP) is 8.03. The highest BCUT2D eigenvalue weighted by Gasteiger charge is 2.31. The third-order valence-electron chi connectivity index (χ3n) is 7.19. The van der Waals surface area contributed by atoms with Crippen molar-refractivity contribution in [3.63, 3.8) is 0 Å². The maximum Gasteiger partial charge on any atom is 0.131 e. The van der Waals surface area contributed by atoms with Gasteiger partial charge in [-0.3, -0.25) is 0 Å². The topological polar surface area (TPSA) is 20.2 Å². The Labute approximate surface area is 190 Å². The summed E-state index contributed by atoms with van der Waals surface area (Å²) in [5.41, 5.74) is 4.23. The van der Waals surface area contributed by atoms with Crippen LogP contribution < -0.4 is 0 Å². The first kappa shape index (κ1) is 22.9. The number of halogens is 2. The van der Waals surface area contributed by atoms with Crippen molar-refractivity contribution in [2.45, 2.75) is 70.8 Å². The lowest BCUT2D eigenvalue weighted by atomic mass is 9.75. The van der Waals surface area contributed by atoms with Crippen LogP contribution in [-0.2, 0) is 6.42 Å². The second-order valence-electron chi connectivity index (χ2n) is 9.45. The number of benzene rings is 2. The molecule has 0 aromatic heterocycles. The molecule has 2 aromatic carbocycles. The van der Waals surface area contributed by atoms with Crippen LogP contribution in [0.15, 0.2) is 60.4 Å². The molecule has 0 aliphatic heterocycles. The van der Waals surface area contributed by atoms with Gasteiger partial charge in [0.2, 0.25) is 0 Å². The molecule has 2 aliphatic carbocycles. The van der Waals surface area contributed by atoms with Crippen molar-refractivity contribution in [1.29, 1.82) is 0 Å². The van der Waals surface area contributed by atoms with Gasteiger partial charge in [-0.15, -0.1) is 0 Å². The second kappa shape index (κ2) is 10.6. The fourth-order valence-electron chi connectivity index (χ4n) is 5.16. The molecule has 0 radical (unpaired) electrons. The molecule has 0 saturated heterocycles. The Balaban J connectivity index is 1.44. The van der Waals surface area contributed by atoms with Gasteiger partial charge in [0, 0.05) is 11.5 Å². The molecule has 1 unspecified atom stereocenters. The third kappa shape index (κ3) is 5.38. The monoisotopic (exact) mass is 436 g/mol. The number of allylic oxidation sites excluding steroid dienone is 4. The Hall–Kier alpha value is -2.26. The average Bonchev–Trinajstić information content (AvgIpc) is 2.80. The van der Waals surface area contributed by atoms with Gasteiger partial charge in [0.05, 0.1) is 6.10 Å². The van der Waals surface area contributed by atoms with E-state index in [1.54, 1.807) is 12.1 Å². The Morgan fingerprint density at radius 2 is 1.62 bits per heavy atom. The molecule has 2 aromatic rings. The molecule has 1 nitrogen and oxygen atoms in total. The number of rotatable bonds is 7. The van der Waals surface area contributed by atoms with Crippen LogP contribution >= 0.6 is 0 Å². The van der Waals surface area contributed by atoms with Crippen LogP contribution in [0.3, 0.4) is 0 Å². The van der Waals surface area contributed by atoms with Gasteiger partial charge >= 0.3 is 0 Å². The van der Waals surface area contributed by atoms with Crippen molar-refractivity contribution in [1.82, 2.24) is 0 Å². The standard InChI is InChI=1S/C29H34F2O/c1-2-3-4-5-20-6-8-21(9-7-20)23-12-16-27(28(30)18-23)24-13-17-26(29(31)19-24)22-10-14-25(32)15-11-22/h6-9,12-13,16,18-19,22,25-26,32H,2-5,10-11,14-15,17H2,1H3. The minimum Gasteiger partial charge on any atom is -0.393 e. The summed E-state index contributed by atoms with van der Waals surface area (Å²) in [4.78, 5) is 0. The lowest BCUT2D eigenvalue weighted by Gasteiger charge is -2.32. The number of aliphatic hydroxyl groups is 1. The molecule has 3 heteroatoms. The van der Waals surface area contributed by atoms with E-state index in [1.807, 2.05) is 12.1 Å². The fraction of sp³-hybridized carbons (Fsp3) is 0.448. The van der Waals surface area contributed by atoms with E-state index < -0.39 is 0 Å². The molecule has 32 heavy (non-hydrogen) atoms. The highest BCUT2D eigenvalue weighted by atomic mass is 19.1. The van der Waals surface area contributed by atoms with Gasteiger partial charge in [0.1, 0.15) is 11.6 Å². The van der Waals surface area contributed by atoms with Gasteiger partial charge in [-0.25, -0.2) is 8.78 Å². The summed E-state index contributed by atoms with van der Waals surface area (Å²) in [5, 5.41) is 9.71. The van der Waals surface area contributed by atoms with Crippen molar-refractivity contribution >= 4 is 5.57 Å². The van der Waals surface area contributed by atoms with E-state index in [-0.39, 0.29) is 29.6 Å². The Kier molecular flexibility index (Phi) is 7.57. The molecule has 1 fully saturated rings. The van der Waals surface area contributed by atoms with E-state index in [2.05, 4.69) is 31.2 Å². The van der Waals surface area contributed by atoms with Crippen molar-refractivity contribution in [2.24, 2.45) is 11.8 Å². The van der Waals surface area contributed by atoms with Crippen LogP contribution in [0, 0.1) is 17.7 Å². The highest BCUT2D eigenvalue weighted by Crippen LogP contribution is 2.41. The first-order valence-electron chi connectivity index (χ1n) is 12.2. The summed E-state index contributed by atoms with van der Waals surface area (Å²) < 4.78 is 29.9. The maximum absolute atomic E-state index is 15.0. The molecule has 4 rings (SSSR count). The molecule has 170 valence electrons. The zero-order valence-electron chi connectivity index (χ0n) is 19.0. The number of hydrogen-bond acceptors (Lipinski definition) is 1. The minimum atomic E-state index is -0.316. The number of unbranched alkanes of at least 4 members (excludes halogenated alkanes) is 2. The third-order valence-corrected chi connectivity index (χ3v) is 7.19. The molecular formula is C29H34F2O. The molecule has 0 amide bonds. The first-order chi connectivity index (χ1) is 15.5. The Morgan fingerprint density at radius 3 is 2.28 bits per heavy atom. The molecule has 0 spiro atoms. The SMILES string of the molecule is CCCCCc1ccc(-c2ccc(C3=CCC(C4CCC(O)CC4)C(F)=C3)c(F)c2)cc1. The predicted molar refractivity (Wildman–Crippen MR) is 128 cm³/mol. The summed E-state index contributed by atoms with van der Waals surface area (Å²) in [6.45, 7) is 2.20. The van der Waals surface area contributed by atoms with Crippen LogP contribution in [0.2, 0.25) is 0 Å². The normalized spacial score (nSPS) is 23.6. The van der Waals surface area contributed by atoms with Crippen LogP contribution in [-0.4, -0.2) is 11.2 Å².